The Morgan fingerprint density at radius 1 is 1.36 bits per heavy atom. The van der Waals surface area contributed by atoms with Gasteiger partial charge < -0.3 is 19.7 Å². The van der Waals surface area contributed by atoms with E-state index in [1.54, 1.807) is 6.20 Å². The highest BCUT2D eigenvalue weighted by Gasteiger charge is 2.56. The van der Waals surface area contributed by atoms with Crippen molar-refractivity contribution < 1.29 is 19.1 Å². The van der Waals surface area contributed by atoms with Gasteiger partial charge in [0.2, 0.25) is 5.91 Å². The monoisotopic (exact) mass is 385 g/mol. The van der Waals surface area contributed by atoms with E-state index in [9.17, 15) is 9.59 Å². The highest BCUT2D eigenvalue weighted by Crippen LogP contribution is 2.53. The second-order valence-electron chi connectivity index (χ2n) is 9.02. The summed E-state index contributed by atoms with van der Waals surface area (Å²) in [5.74, 6) is 2.36. The Bertz CT molecular complexity index is 754. The molecule has 0 bridgehead atoms. The summed E-state index contributed by atoms with van der Waals surface area (Å²) in [5, 5.41) is 3.11. The molecule has 2 amide bonds. The van der Waals surface area contributed by atoms with Gasteiger partial charge in [-0.15, -0.1) is 0 Å². The third-order valence-electron chi connectivity index (χ3n) is 6.79. The molecular weight excluding hydrogens is 358 g/mol. The summed E-state index contributed by atoms with van der Waals surface area (Å²) >= 11 is 0. The van der Waals surface area contributed by atoms with Crippen LogP contribution in [0.5, 0.6) is 0 Å². The standard InChI is InChI=1S/C21H27N3O4/c1-21(11-27-12-21)28-20(26)24-9-17-14(18(17)10-24)4-6-23-19(25)16-7-15(16)13-3-2-5-22-8-13/h2-3,5,8,14-18H,4,6-7,9-12H2,1H3,(H,23,25). The number of ether oxygens (including phenoxy) is 2. The number of amides is 2. The lowest BCUT2D eigenvalue weighted by atomic mass is 10.1. The van der Waals surface area contributed by atoms with Crippen molar-refractivity contribution in [2.24, 2.45) is 23.7 Å². The molecule has 2 saturated carbocycles. The molecule has 7 heteroatoms. The predicted octanol–water partition coefficient (Wildman–Crippen LogP) is 1.79. The number of hydrogen-bond acceptors (Lipinski definition) is 5. The van der Waals surface area contributed by atoms with Gasteiger partial charge in [0.1, 0.15) is 0 Å². The zero-order chi connectivity index (χ0) is 19.3. The van der Waals surface area contributed by atoms with Crippen molar-refractivity contribution in [2.45, 2.75) is 31.3 Å². The Kier molecular flexibility index (Phi) is 4.30. The van der Waals surface area contributed by atoms with Crippen molar-refractivity contribution in [3.63, 3.8) is 0 Å². The fourth-order valence-corrected chi connectivity index (χ4v) is 4.89. The summed E-state index contributed by atoms with van der Waals surface area (Å²) in [6.45, 7) is 5.19. The average Bonchev–Trinajstić information content (AvgIpc) is 3.56. The number of likely N-dealkylation sites (tertiary alicyclic amines) is 1. The molecule has 0 radical (unpaired) electrons. The minimum atomic E-state index is -0.440. The van der Waals surface area contributed by atoms with Crippen molar-refractivity contribution in [1.29, 1.82) is 0 Å². The van der Waals surface area contributed by atoms with Crippen molar-refractivity contribution in [1.82, 2.24) is 15.2 Å². The third kappa shape index (κ3) is 3.36. The predicted molar refractivity (Wildman–Crippen MR) is 100 cm³/mol. The summed E-state index contributed by atoms with van der Waals surface area (Å²) in [6, 6.07) is 3.97. The topological polar surface area (TPSA) is 80.8 Å². The normalized spacial score (nSPS) is 34.2. The summed E-state index contributed by atoms with van der Waals surface area (Å²) in [6.07, 6.45) is 5.34. The number of carbonyl (C=O) groups is 2. The quantitative estimate of drug-likeness (QED) is 0.808. The molecule has 4 atom stereocenters. The first kappa shape index (κ1) is 17.9. The van der Waals surface area contributed by atoms with Gasteiger partial charge in [0.15, 0.2) is 5.60 Å². The molecule has 150 valence electrons. The van der Waals surface area contributed by atoms with Crippen LogP contribution >= 0.6 is 0 Å². The minimum Gasteiger partial charge on any atom is -0.438 e. The SMILES string of the molecule is CC1(OC(=O)N2CC3C(CCNC(=O)C4CC4c4cccnc4)C3C2)COC1. The van der Waals surface area contributed by atoms with Gasteiger partial charge in [-0.25, -0.2) is 4.79 Å². The van der Waals surface area contributed by atoms with Crippen molar-refractivity contribution in [3.8, 4) is 0 Å². The van der Waals surface area contributed by atoms with Crippen LogP contribution in [-0.2, 0) is 14.3 Å². The van der Waals surface area contributed by atoms with Gasteiger partial charge in [-0.1, -0.05) is 6.07 Å². The van der Waals surface area contributed by atoms with Crippen LogP contribution in [0.3, 0.4) is 0 Å². The van der Waals surface area contributed by atoms with Gasteiger partial charge in [0, 0.05) is 37.9 Å². The zero-order valence-corrected chi connectivity index (χ0v) is 16.2. The first-order chi connectivity index (χ1) is 13.5. The van der Waals surface area contributed by atoms with Gasteiger partial charge in [-0.05, 0) is 55.1 Å². The molecule has 2 saturated heterocycles. The van der Waals surface area contributed by atoms with Crippen molar-refractivity contribution in [2.75, 3.05) is 32.8 Å². The summed E-state index contributed by atoms with van der Waals surface area (Å²) < 4.78 is 10.7. The molecule has 0 aromatic carbocycles. The fraction of sp³-hybridized carbons (Fsp3) is 0.667. The lowest BCUT2D eigenvalue weighted by Crippen LogP contribution is -2.52. The second kappa shape index (κ2) is 6.72. The van der Waals surface area contributed by atoms with Crippen LogP contribution in [0.25, 0.3) is 0 Å². The van der Waals surface area contributed by atoms with Gasteiger partial charge in [-0.2, -0.15) is 0 Å². The van der Waals surface area contributed by atoms with Crippen LogP contribution in [-0.4, -0.2) is 60.3 Å². The van der Waals surface area contributed by atoms with E-state index in [-0.39, 0.29) is 17.9 Å². The van der Waals surface area contributed by atoms with Gasteiger partial charge >= 0.3 is 6.09 Å². The molecule has 4 unspecified atom stereocenters. The lowest BCUT2D eigenvalue weighted by molar-refractivity contribution is -0.171. The summed E-state index contributed by atoms with van der Waals surface area (Å²) in [4.78, 5) is 30.5. The number of carbonyl (C=O) groups excluding carboxylic acids is 2. The maximum atomic E-state index is 12.3. The van der Waals surface area contributed by atoms with Crippen LogP contribution < -0.4 is 5.32 Å². The van der Waals surface area contributed by atoms with E-state index in [0.29, 0.717) is 36.9 Å². The largest absolute Gasteiger partial charge is 0.438 e. The Labute approximate surface area is 164 Å². The number of pyridine rings is 1. The maximum absolute atomic E-state index is 12.3. The fourth-order valence-electron chi connectivity index (χ4n) is 4.89. The molecule has 28 heavy (non-hydrogen) atoms. The van der Waals surface area contributed by atoms with E-state index in [4.69, 9.17) is 9.47 Å². The molecular formula is C21H27N3O4. The van der Waals surface area contributed by atoms with E-state index in [1.165, 1.54) is 0 Å². The number of aromatic nitrogens is 1. The maximum Gasteiger partial charge on any atom is 0.410 e. The number of nitrogens with one attached hydrogen (secondary N) is 1. The smallest absolute Gasteiger partial charge is 0.410 e. The van der Waals surface area contributed by atoms with Crippen LogP contribution in [0.4, 0.5) is 4.79 Å². The van der Waals surface area contributed by atoms with E-state index < -0.39 is 5.60 Å². The molecule has 7 nitrogen and oxygen atoms in total. The third-order valence-corrected chi connectivity index (χ3v) is 6.79. The van der Waals surface area contributed by atoms with Crippen LogP contribution in [0, 0.1) is 23.7 Å². The van der Waals surface area contributed by atoms with Gasteiger partial charge in [0.25, 0.3) is 0 Å². The highest BCUT2D eigenvalue weighted by atomic mass is 16.6. The van der Waals surface area contributed by atoms with Crippen molar-refractivity contribution in [3.05, 3.63) is 30.1 Å². The molecule has 0 spiro atoms. The van der Waals surface area contributed by atoms with Crippen LogP contribution in [0.1, 0.15) is 31.2 Å². The van der Waals surface area contributed by atoms with Gasteiger partial charge in [-0.3, -0.25) is 9.78 Å². The Hall–Kier alpha value is -2.15. The highest BCUT2D eigenvalue weighted by molar-refractivity contribution is 5.82. The molecule has 2 aliphatic carbocycles. The Morgan fingerprint density at radius 2 is 2.14 bits per heavy atom. The number of fused-ring (bicyclic) bond motifs is 1. The molecule has 1 aromatic heterocycles. The van der Waals surface area contributed by atoms with Crippen molar-refractivity contribution >= 4 is 12.0 Å². The minimum absolute atomic E-state index is 0.102. The molecule has 3 heterocycles. The Morgan fingerprint density at radius 3 is 2.79 bits per heavy atom. The zero-order valence-electron chi connectivity index (χ0n) is 16.2. The first-order valence-corrected chi connectivity index (χ1v) is 10.3. The molecule has 2 aliphatic heterocycles. The summed E-state index contributed by atoms with van der Waals surface area (Å²) in [7, 11) is 0. The molecule has 5 rings (SSSR count). The van der Waals surface area contributed by atoms with Gasteiger partial charge in [0.05, 0.1) is 13.2 Å². The number of nitrogens with zero attached hydrogens (tertiary/aromatic N) is 2. The number of rotatable bonds is 6. The molecule has 4 aliphatic rings. The van der Waals surface area contributed by atoms with E-state index in [1.807, 2.05) is 30.2 Å². The van der Waals surface area contributed by atoms with E-state index in [0.717, 1.165) is 38.0 Å². The average molecular weight is 385 g/mol. The first-order valence-electron chi connectivity index (χ1n) is 10.3. The van der Waals surface area contributed by atoms with Crippen LogP contribution in [0.15, 0.2) is 24.5 Å². The van der Waals surface area contributed by atoms with Crippen LogP contribution in [0.2, 0.25) is 0 Å². The molecule has 1 aromatic rings. The lowest BCUT2D eigenvalue weighted by Gasteiger charge is -2.38. The second-order valence-corrected chi connectivity index (χ2v) is 9.02. The number of piperidine rings is 1. The number of hydrogen-bond donors (Lipinski definition) is 1. The molecule has 1 N–H and O–H groups in total. The Balaban J connectivity index is 0.999. The molecule has 4 fully saturated rings. The summed E-state index contributed by atoms with van der Waals surface area (Å²) in [5.41, 5.74) is 0.720. The van der Waals surface area contributed by atoms with E-state index in [2.05, 4.69) is 10.3 Å². The van der Waals surface area contributed by atoms with E-state index >= 15 is 0 Å².